The second-order valence-corrected chi connectivity index (χ2v) is 8.07. The molecule has 7 heteroatoms. The first-order valence-electron chi connectivity index (χ1n) is 8.83. The third-order valence-electron chi connectivity index (χ3n) is 4.86. The van der Waals surface area contributed by atoms with Crippen LogP contribution >= 0.6 is 0 Å². The van der Waals surface area contributed by atoms with Gasteiger partial charge < -0.3 is 10.6 Å². The molecule has 0 radical (unpaired) electrons. The van der Waals surface area contributed by atoms with Crippen molar-refractivity contribution in [2.45, 2.75) is 52.6 Å². The predicted octanol–water partition coefficient (Wildman–Crippen LogP) is 4.61. The number of carbonyl (C=O) groups is 1. The zero-order chi connectivity index (χ0) is 19.7. The Bertz CT molecular complexity index is 645. The smallest absolute Gasteiger partial charge is 0.399 e. The summed E-state index contributed by atoms with van der Waals surface area (Å²) in [5.74, 6) is -0.128. The zero-order valence-electron chi connectivity index (χ0n) is 15.7. The molecular weight excluding hydrogens is 345 g/mol. The van der Waals surface area contributed by atoms with Gasteiger partial charge in [-0.3, -0.25) is 0 Å². The van der Waals surface area contributed by atoms with Gasteiger partial charge in [0.2, 0.25) is 0 Å². The van der Waals surface area contributed by atoms with Crippen molar-refractivity contribution >= 4 is 11.7 Å². The lowest BCUT2D eigenvalue weighted by Gasteiger charge is -2.35. The first kappa shape index (κ1) is 20.6. The van der Waals surface area contributed by atoms with E-state index >= 15 is 0 Å². The van der Waals surface area contributed by atoms with Crippen molar-refractivity contribution in [3.05, 3.63) is 29.3 Å². The third-order valence-corrected chi connectivity index (χ3v) is 4.86. The van der Waals surface area contributed by atoms with Gasteiger partial charge in [-0.05, 0) is 69.2 Å². The van der Waals surface area contributed by atoms with Crippen molar-refractivity contribution in [3.63, 3.8) is 0 Å². The third kappa shape index (κ3) is 5.13. The van der Waals surface area contributed by atoms with Gasteiger partial charge in [0.25, 0.3) is 0 Å². The van der Waals surface area contributed by atoms with Crippen LogP contribution in [-0.4, -0.2) is 24.1 Å². The first-order chi connectivity index (χ1) is 11.9. The number of benzene rings is 1. The maximum Gasteiger partial charge on any atom is 0.416 e. The molecule has 1 aromatic carbocycles. The summed E-state index contributed by atoms with van der Waals surface area (Å²) in [6, 6.07) is 3.77. The van der Waals surface area contributed by atoms with E-state index in [-0.39, 0.29) is 23.5 Å². The summed E-state index contributed by atoms with van der Waals surface area (Å²) in [5, 5.41) is 1.65. The first-order valence-corrected chi connectivity index (χ1v) is 8.83. The molecular formula is C19H27F3N2O2. The van der Waals surface area contributed by atoms with Crippen LogP contribution in [0.1, 0.15) is 57.6 Å². The Morgan fingerprint density at radius 2 is 1.77 bits per heavy atom. The lowest BCUT2D eigenvalue weighted by atomic mass is 9.81. The average molecular weight is 372 g/mol. The standard InChI is InChI=1S/C19H27F3N2O2/c1-12(14-9-15(19(20,21)22)11-16(23)10-14)13-5-7-24(8-6-13)26-17(25)18(2,3)4/h9-13H,5-8,23H2,1-4H3. The van der Waals surface area contributed by atoms with E-state index in [2.05, 4.69) is 0 Å². The molecule has 1 saturated heterocycles. The number of carbonyl (C=O) groups excluding carboxylic acids is 1. The molecule has 4 nitrogen and oxygen atoms in total. The number of hydrogen-bond acceptors (Lipinski definition) is 4. The van der Waals surface area contributed by atoms with Gasteiger partial charge in [0, 0.05) is 18.8 Å². The molecule has 2 rings (SSSR count). The molecule has 0 amide bonds. The lowest BCUT2D eigenvalue weighted by Crippen LogP contribution is -2.39. The van der Waals surface area contributed by atoms with Gasteiger partial charge in [-0.25, -0.2) is 4.79 Å². The Kier molecular flexibility index (Phi) is 5.90. The Balaban J connectivity index is 2.01. The number of nitrogens with two attached hydrogens (primary N) is 1. The number of anilines is 1. The Labute approximate surface area is 152 Å². The van der Waals surface area contributed by atoms with E-state index in [0.717, 1.165) is 18.9 Å². The molecule has 2 N–H and O–H groups in total. The van der Waals surface area contributed by atoms with Crippen LogP contribution in [0.3, 0.4) is 0 Å². The van der Waals surface area contributed by atoms with Crippen molar-refractivity contribution in [1.82, 2.24) is 5.06 Å². The van der Waals surface area contributed by atoms with Crippen LogP contribution in [0.4, 0.5) is 18.9 Å². The monoisotopic (exact) mass is 372 g/mol. The highest BCUT2D eigenvalue weighted by Gasteiger charge is 2.33. The van der Waals surface area contributed by atoms with Crippen LogP contribution in [0.25, 0.3) is 0 Å². The van der Waals surface area contributed by atoms with E-state index in [0.29, 0.717) is 18.7 Å². The molecule has 1 atom stereocenters. The summed E-state index contributed by atoms with van der Waals surface area (Å²) < 4.78 is 39.0. The number of piperidine rings is 1. The van der Waals surface area contributed by atoms with Crippen LogP contribution in [0.15, 0.2) is 18.2 Å². The number of alkyl halides is 3. The van der Waals surface area contributed by atoms with E-state index < -0.39 is 17.2 Å². The number of hydroxylamine groups is 2. The summed E-state index contributed by atoms with van der Waals surface area (Å²) in [6.07, 6.45) is -2.92. The molecule has 0 spiro atoms. The van der Waals surface area contributed by atoms with Gasteiger partial charge in [-0.15, -0.1) is 5.06 Å². The minimum atomic E-state index is -4.41. The molecule has 0 aromatic heterocycles. The summed E-state index contributed by atoms with van der Waals surface area (Å²) in [4.78, 5) is 17.4. The van der Waals surface area contributed by atoms with Crippen molar-refractivity contribution in [1.29, 1.82) is 0 Å². The van der Waals surface area contributed by atoms with Crippen LogP contribution in [0.2, 0.25) is 0 Å². The van der Waals surface area contributed by atoms with E-state index in [9.17, 15) is 18.0 Å². The minimum Gasteiger partial charge on any atom is -0.399 e. The number of nitrogen functional groups attached to an aromatic ring is 1. The van der Waals surface area contributed by atoms with Crippen LogP contribution in [0, 0.1) is 11.3 Å². The van der Waals surface area contributed by atoms with Gasteiger partial charge in [0.05, 0.1) is 11.0 Å². The fraction of sp³-hybridized carbons (Fsp3) is 0.632. The molecule has 0 bridgehead atoms. The topological polar surface area (TPSA) is 55.6 Å². The lowest BCUT2D eigenvalue weighted by molar-refractivity contribution is -0.206. The Morgan fingerprint density at radius 3 is 2.27 bits per heavy atom. The molecule has 26 heavy (non-hydrogen) atoms. The number of nitrogens with zero attached hydrogens (tertiary/aromatic N) is 1. The van der Waals surface area contributed by atoms with Crippen molar-refractivity contribution in [2.75, 3.05) is 18.8 Å². The number of rotatable bonds is 3. The molecule has 1 unspecified atom stereocenters. The molecule has 146 valence electrons. The van der Waals surface area contributed by atoms with Gasteiger partial charge in [0.1, 0.15) is 0 Å². The van der Waals surface area contributed by atoms with Crippen molar-refractivity contribution in [3.8, 4) is 0 Å². The molecule has 1 fully saturated rings. The average Bonchev–Trinajstić information content (AvgIpc) is 2.52. The normalized spacial score (nSPS) is 18.6. The second-order valence-electron chi connectivity index (χ2n) is 8.07. The molecule has 1 aliphatic rings. The summed E-state index contributed by atoms with van der Waals surface area (Å²) in [5.41, 5.74) is 5.12. The van der Waals surface area contributed by atoms with E-state index in [1.807, 2.05) is 6.92 Å². The molecule has 0 aliphatic carbocycles. The Morgan fingerprint density at radius 1 is 1.19 bits per heavy atom. The predicted molar refractivity (Wildman–Crippen MR) is 94.1 cm³/mol. The van der Waals surface area contributed by atoms with Crippen LogP contribution in [-0.2, 0) is 15.8 Å². The fourth-order valence-corrected chi connectivity index (χ4v) is 3.10. The van der Waals surface area contributed by atoms with Gasteiger partial charge in [-0.2, -0.15) is 13.2 Å². The van der Waals surface area contributed by atoms with E-state index in [1.54, 1.807) is 31.9 Å². The van der Waals surface area contributed by atoms with Crippen LogP contribution < -0.4 is 5.73 Å². The second kappa shape index (κ2) is 7.47. The summed E-state index contributed by atoms with van der Waals surface area (Å²) >= 11 is 0. The maximum atomic E-state index is 13.0. The molecule has 1 aliphatic heterocycles. The molecule has 1 heterocycles. The van der Waals surface area contributed by atoms with Crippen molar-refractivity contribution < 1.29 is 22.8 Å². The van der Waals surface area contributed by atoms with Gasteiger partial charge in [0.15, 0.2) is 0 Å². The number of hydrogen-bond donors (Lipinski definition) is 1. The highest BCUT2D eigenvalue weighted by molar-refractivity contribution is 5.75. The summed E-state index contributed by atoms with van der Waals surface area (Å²) in [7, 11) is 0. The number of halogens is 3. The molecule has 1 aromatic rings. The minimum absolute atomic E-state index is 0.0555. The quantitative estimate of drug-likeness (QED) is 0.788. The van der Waals surface area contributed by atoms with Crippen molar-refractivity contribution in [2.24, 2.45) is 11.3 Å². The van der Waals surface area contributed by atoms with Crippen LogP contribution in [0.5, 0.6) is 0 Å². The highest BCUT2D eigenvalue weighted by atomic mass is 19.4. The molecule has 0 saturated carbocycles. The van der Waals surface area contributed by atoms with Gasteiger partial charge in [-0.1, -0.05) is 6.92 Å². The largest absolute Gasteiger partial charge is 0.416 e. The Hall–Kier alpha value is -1.76. The van der Waals surface area contributed by atoms with Gasteiger partial charge >= 0.3 is 12.1 Å². The summed E-state index contributed by atoms with van der Waals surface area (Å²) in [6.45, 7) is 8.46. The SMILES string of the molecule is CC(c1cc(N)cc(C(F)(F)F)c1)C1CCN(OC(=O)C(C)(C)C)CC1. The highest BCUT2D eigenvalue weighted by Crippen LogP contribution is 2.37. The maximum absolute atomic E-state index is 13.0. The van der Waals surface area contributed by atoms with E-state index in [4.69, 9.17) is 10.6 Å². The zero-order valence-corrected chi connectivity index (χ0v) is 15.7. The fourth-order valence-electron chi connectivity index (χ4n) is 3.10. The van der Waals surface area contributed by atoms with E-state index in [1.165, 1.54) is 6.07 Å².